The lowest BCUT2D eigenvalue weighted by Gasteiger charge is -2.07. The van der Waals surface area contributed by atoms with Crippen molar-refractivity contribution in [3.8, 4) is 0 Å². The number of anilines is 1. The maximum absolute atomic E-state index is 12.2. The molecule has 8 heteroatoms. The zero-order valence-electron chi connectivity index (χ0n) is 9.86. The second-order valence-corrected chi connectivity index (χ2v) is 6.02. The van der Waals surface area contributed by atoms with Crippen LogP contribution in [-0.2, 0) is 14.8 Å². The number of thiophene rings is 1. The number of carbonyl (C=O) groups is 1. The van der Waals surface area contributed by atoms with E-state index in [1.165, 1.54) is 30.9 Å². The molecule has 0 aliphatic carbocycles. The lowest BCUT2D eigenvalue weighted by Crippen LogP contribution is -2.15. The molecule has 2 aromatic rings. The monoisotopic (exact) mass is 298 g/mol. The van der Waals surface area contributed by atoms with Gasteiger partial charge in [0.15, 0.2) is 0 Å². The van der Waals surface area contributed by atoms with Crippen molar-refractivity contribution < 1.29 is 17.9 Å². The van der Waals surface area contributed by atoms with Crippen LogP contribution in [0.1, 0.15) is 9.67 Å². The summed E-state index contributed by atoms with van der Waals surface area (Å²) in [5, 5.41) is 1.52. The van der Waals surface area contributed by atoms with Gasteiger partial charge in [-0.15, -0.1) is 11.3 Å². The zero-order chi connectivity index (χ0) is 13.9. The minimum Gasteiger partial charge on any atom is -0.465 e. The van der Waals surface area contributed by atoms with Gasteiger partial charge in [-0.25, -0.2) is 13.2 Å². The van der Waals surface area contributed by atoms with Crippen LogP contribution in [0.25, 0.3) is 0 Å². The number of nitrogens with zero attached hydrogens (tertiary/aromatic N) is 1. The van der Waals surface area contributed by atoms with E-state index in [0.717, 1.165) is 11.3 Å². The van der Waals surface area contributed by atoms with Crippen molar-refractivity contribution >= 4 is 33.0 Å². The van der Waals surface area contributed by atoms with E-state index in [2.05, 4.69) is 14.4 Å². The second kappa shape index (κ2) is 5.37. The Morgan fingerprint density at radius 1 is 1.42 bits per heavy atom. The van der Waals surface area contributed by atoms with Crippen molar-refractivity contribution in [1.29, 1.82) is 0 Å². The van der Waals surface area contributed by atoms with E-state index in [1.54, 1.807) is 12.1 Å². The smallest absolute Gasteiger partial charge is 0.349 e. The highest BCUT2D eigenvalue weighted by atomic mass is 32.2. The SMILES string of the molecule is COC(=O)c1sccc1S(=O)(=O)Nc1cccnc1. The number of sulfonamides is 1. The van der Waals surface area contributed by atoms with Gasteiger partial charge in [0.25, 0.3) is 10.0 Å². The van der Waals surface area contributed by atoms with E-state index >= 15 is 0 Å². The number of ether oxygens (including phenoxy) is 1. The van der Waals surface area contributed by atoms with Crippen LogP contribution < -0.4 is 4.72 Å². The molecule has 2 heterocycles. The first-order chi connectivity index (χ1) is 9.04. The molecular weight excluding hydrogens is 288 g/mol. The van der Waals surface area contributed by atoms with Crippen molar-refractivity contribution in [2.24, 2.45) is 0 Å². The van der Waals surface area contributed by atoms with Gasteiger partial charge in [0.1, 0.15) is 9.77 Å². The molecule has 0 aliphatic heterocycles. The van der Waals surface area contributed by atoms with Gasteiger partial charge in [-0.05, 0) is 23.6 Å². The summed E-state index contributed by atoms with van der Waals surface area (Å²) in [7, 11) is -2.63. The third-order valence-electron chi connectivity index (χ3n) is 2.20. The first-order valence-electron chi connectivity index (χ1n) is 5.13. The van der Waals surface area contributed by atoms with Crippen LogP contribution in [0.2, 0.25) is 0 Å². The molecular formula is C11H10N2O4S2. The quantitative estimate of drug-likeness (QED) is 0.869. The van der Waals surface area contributed by atoms with E-state index in [1.807, 2.05) is 0 Å². The fourth-order valence-electron chi connectivity index (χ4n) is 1.38. The molecule has 0 radical (unpaired) electrons. The van der Waals surface area contributed by atoms with Crippen molar-refractivity contribution in [3.05, 3.63) is 40.8 Å². The molecule has 0 atom stereocenters. The summed E-state index contributed by atoms with van der Waals surface area (Å²) >= 11 is 1.01. The molecule has 2 aromatic heterocycles. The number of carbonyl (C=O) groups excluding carboxylic acids is 1. The lowest BCUT2D eigenvalue weighted by molar-refractivity contribution is 0.0602. The molecule has 0 saturated carbocycles. The Hall–Kier alpha value is -1.93. The highest BCUT2D eigenvalue weighted by molar-refractivity contribution is 7.93. The number of nitrogens with one attached hydrogen (secondary N) is 1. The molecule has 0 spiro atoms. The van der Waals surface area contributed by atoms with Crippen LogP contribution in [-0.4, -0.2) is 26.5 Å². The molecule has 0 unspecified atom stereocenters. The first-order valence-corrected chi connectivity index (χ1v) is 7.49. The zero-order valence-corrected chi connectivity index (χ0v) is 11.5. The largest absolute Gasteiger partial charge is 0.465 e. The van der Waals surface area contributed by atoms with Crippen LogP contribution in [0.4, 0.5) is 5.69 Å². The summed E-state index contributed by atoms with van der Waals surface area (Å²) in [6.07, 6.45) is 2.91. The Labute approximate surface area is 114 Å². The average Bonchev–Trinajstić information content (AvgIpc) is 2.88. The number of methoxy groups -OCH3 is 1. The fourth-order valence-corrected chi connectivity index (χ4v) is 3.76. The summed E-state index contributed by atoms with van der Waals surface area (Å²) in [5.74, 6) is -0.679. The van der Waals surface area contributed by atoms with Crippen molar-refractivity contribution in [1.82, 2.24) is 4.98 Å². The number of rotatable bonds is 4. The molecule has 2 rings (SSSR count). The standard InChI is InChI=1S/C11H10N2O4S2/c1-17-11(14)10-9(4-6-18-10)19(15,16)13-8-3-2-5-12-7-8/h2-7,13H,1H3. The van der Waals surface area contributed by atoms with E-state index in [-0.39, 0.29) is 9.77 Å². The molecule has 0 aliphatic rings. The van der Waals surface area contributed by atoms with Crippen LogP contribution in [0.15, 0.2) is 40.9 Å². The Morgan fingerprint density at radius 2 is 2.21 bits per heavy atom. The van der Waals surface area contributed by atoms with Gasteiger partial charge in [0.2, 0.25) is 0 Å². The number of aromatic nitrogens is 1. The average molecular weight is 298 g/mol. The molecule has 0 amide bonds. The van der Waals surface area contributed by atoms with Gasteiger partial charge >= 0.3 is 5.97 Å². The maximum atomic E-state index is 12.2. The molecule has 0 saturated heterocycles. The van der Waals surface area contributed by atoms with Crippen LogP contribution in [0, 0.1) is 0 Å². The number of hydrogen-bond acceptors (Lipinski definition) is 6. The van der Waals surface area contributed by atoms with Crippen molar-refractivity contribution in [2.45, 2.75) is 4.90 Å². The second-order valence-electron chi connectivity index (χ2n) is 3.45. The molecule has 1 N–H and O–H groups in total. The molecule has 100 valence electrons. The van der Waals surface area contributed by atoms with Crippen LogP contribution >= 0.6 is 11.3 Å². The molecule has 19 heavy (non-hydrogen) atoms. The normalized spacial score (nSPS) is 11.0. The summed E-state index contributed by atoms with van der Waals surface area (Å²) in [5.41, 5.74) is 0.324. The third-order valence-corrected chi connectivity index (χ3v) is 4.65. The van der Waals surface area contributed by atoms with Gasteiger partial charge in [-0.2, -0.15) is 0 Å². The fraction of sp³-hybridized carbons (Fsp3) is 0.0909. The van der Waals surface area contributed by atoms with E-state index in [9.17, 15) is 13.2 Å². The van der Waals surface area contributed by atoms with E-state index in [4.69, 9.17) is 0 Å². The summed E-state index contributed by atoms with van der Waals surface area (Å²) in [4.78, 5) is 15.2. The molecule has 0 bridgehead atoms. The van der Waals surface area contributed by atoms with E-state index in [0.29, 0.717) is 5.69 Å². The van der Waals surface area contributed by atoms with Gasteiger partial charge in [-0.3, -0.25) is 9.71 Å². The lowest BCUT2D eigenvalue weighted by atomic mass is 10.4. The van der Waals surface area contributed by atoms with Gasteiger partial charge < -0.3 is 4.74 Å². The number of hydrogen-bond donors (Lipinski definition) is 1. The Balaban J connectivity index is 2.36. The van der Waals surface area contributed by atoms with Gasteiger partial charge in [0, 0.05) is 6.20 Å². The van der Waals surface area contributed by atoms with Crippen LogP contribution in [0.3, 0.4) is 0 Å². The third kappa shape index (κ3) is 2.91. The number of esters is 1. The predicted octanol–water partition coefficient (Wildman–Crippen LogP) is 1.73. The predicted molar refractivity (Wildman–Crippen MR) is 70.7 cm³/mol. The van der Waals surface area contributed by atoms with Gasteiger partial charge in [-0.1, -0.05) is 0 Å². The summed E-state index contributed by atoms with van der Waals surface area (Å²) in [6.45, 7) is 0. The van der Waals surface area contributed by atoms with E-state index < -0.39 is 16.0 Å². The minimum absolute atomic E-state index is 0.0406. The topological polar surface area (TPSA) is 85.4 Å². The summed E-state index contributed by atoms with van der Waals surface area (Å²) in [6, 6.07) is 4.52. The first kappa shape index (κ1) is 13.5. The van der Waals surface area contributed by atoms with Crippen LogP contribution in [0.5, 0.6) is 0 Å². The molecule has 0 fully saturated rings. The van der Waals surface area contributed by atoms with Crippen molar-refractivity contribution in [2.75, 3.05) is 11.8 Å². The Morgan fingerprint density at radius 3 is 2.84 bits per heavy atom. The van der Waals surface area contributed by atoms with Crippen molar-refractivity contribution in [3.63, 3.8) is 0 Å². The Kier molecular flexibility index (Phi) is 3.82. The molecule has 6 nitrogen and oxygen atoms in total. The highest BCUT2D eigenvalue weighted by Crippen LogP contribution is 2.24. The Bertz CT molecular complexity index is 680. The minimum atomic E-state index is -3.84. The number of pyridine rings is 1. The van der Waals surface area contributed by atoms with Gasteiger partial charge in [0.05, 0.1) is 19.0 Å². The highest BCUT2D eigenvalue weighted by Gasteiger charge is 2.24. The summed E-state index contributed by atoms with van der Waals surface area (Å²) < 4.78 is 31.2. The maximum Gasteiger partial charge on any atom is 0.349 e. The molecule has 0 aromatic carbocycles.